The van der Waals surface area contributed by atoms with Crippen LogP contribution in [0.25, 0.3) is 21.9 Å². The molecule has 1 saturated carbocycles. The Balaban J connectivity index is 0.00000196. The molecule has 0 aromatic heterocycles. The van der Waals surface area contributed by atoms with Gasteiger partial charge in [-0.3, -0.25) is 0 Å². The van der Waals surface area contributed by atoms with Gasteiger partial charge in [-0.25, -0.2) is 0 Å². The Labute approximate surface area is 177 Å². The summed E-state index contributed by atoms with van der Waals surface area (Å²) in [5.74, 6) is 0. The molecule has 1 fully saturated rings. The van der Waals surface area contributed by atoms with Gasteiger partial charge in [0.1, 0.15) is 0 Å². The molecule has 1 heteroatoms. The van der Waals surface area contributed by atoms with Crippen LogP contribution < -0.4 is 0 Å². The van der Waals surface area contributed by atoms with E-state index in [1.165, 1.54) is 71.6 Å². The standard InChI is InChI=1S/C25H29.Zr/c1-3-19-10-12-21(13-11-19)23-9-7-8-22-16-20(17-24(22)23)18-25(4-2)14-5-6-15-25;/h7-13,16-17H,3-6,14-15,18H2,1-2H3;/q-1;. The second kappa shape index (κ2) is 8.30. The van der Waals surface area contributed by atoms with E-state index >= 15 is 0 Å². The second-order valence-corrected chi connectivity index (χ2v) is 7.96. The summed E-state index contributed by atoms with van der Waals surface area (Å²) in [7, 11) is 0. The third kappa shape index (κ3) is 3.79. The SMILES string of the molecule is CCc1ccc(-c2cccc3[cH-]c(CC4(CC)CCCC4)cc23)cc1.[Zr]. The number of fused-ring (bicyclic) bond motifs is 1. The molecule has 0 unspecified atom stereocenters. The van der Waals surface area contributed by atoms with Gasteiger partial charge in [-0.1, -0.05) is 69.0 Å². The third-order valence-electron chi connectivity index (χ3n) is 6.48. The summed E-state index contributed by atoms with van der Waals surface area (Å²) in [6.07, 6.45) is 9.34. The van der Waals surface area contributed by atoms with Crippen molar-refractivity contribution in [2.75, 3.05) is 0 Å². The van der Waals surface area contributed by atoms with E-state index in [0.29, 0.717) is 5.41 Å². The van der Waals surface area contributed by atoms with E-state index in [-0.39, 0.29) is 26.2 Å². The first-order valence-corrected chi connectivity index (χ1v) is 10.0. The fourth-order valence-corrected chi connectivity index (χ4v) is 4.78. The predicted molar refractivity (Wildman–Crippen MR) is 109 cm³/mol. The Hall–Kier alpha value is -1.07. The minimum atomic E-state index is 0. The van der Waals surface area contributed by atoms with Crippen molar-refractivity contribution >= 4 is 10.8 Å². The molecule has 1 aliphatic rings. The fourth-order valence-electron chi connectivity index (χ4n) is 4.78. The zero-order valence-corrected chi connectivity index (χ0v) is 18.6. The first kappa shape index (κ1) is 19.7. The van der Waals surface area contributed by atoms with Crippen molar-refractivity contribution in [3.05, 3.63) is 65.7 Å². The molecular weight excluding hydrogens is 391 g/mol. The maximum absolute atomic E-state index is 2.47. The van der Waals surface area contributed by atoms with Gasteiger partial charge in [0.2, 0.25) is 0 Å². The van der Waals surface area contributed by atoms with Crippen LogP contribution in [0.2, 0.25) is 0 Å². The molecule has 0 nitrogen and oxygen atoms in total. The van der Waals surface area contributed by atoms with E-state index in [1.54, 1.807) is 0 Å². The normalized spacial score (nSPS) is 15.9. The Morgan fingerprint density at radius 3 is 2.35 bits per heavy atom. The molecule has 0 bridgehead atoms. The number of hydrogen-bond donors (Lipinski definition) is 0. The van der Waals surface area contributed by atoms with E-state index < -0.39 is 0 Å². The minimum Gasteiger partial charge on any atom is -0.164 e. The summed E-state index contributed by atoms with van der Waals surface area (Å²) in [5, 5.41) is 2.82. The maximum Gasteiger partial charge on any atom is 0 e. The molecule has 134 valence electrons. The van der Waals surface area contributed by atoms with Crippen LogP contribution in [0.5, 0.6) is 0 Å². The van der Waals surface area contributed by atoms with Gasteiger partial charge in [0, 0.05) is 26.2 Å². The van der Waals surface area contributed by atoms with E-state index in [4.69, 9.17) is 0 Å². The van der Waals surface area contributed by atoms with Crippen molar-refractivity contribution in [2.45, 2.75) is 58.8 Å². The van der Waals surface area contributed by atoms with Crippen LogP contribution in [0.1, 0.15) is 57.1 Å². The molecule has 4 rings (SSSR count). The summed E-state index contributed by atoms with van der Waals surface area (Å²) in [4.78, 5) is 0. The molecule has 0 heterocycles. The summed E-state index contributed by atoms with van der Waals surface area (Å²) in [6.45, 7) is 4.60. The van der Waals surface area contributed by atoms with Crippen molar-refractivity contribution < 1.29 is 26.2 Å². The van der Waals surface area contributed by atoms with Gasteiger partial charge in [0.25, 0.3) is 0 Å². The molecule has 3 aromatic rings. The Morgan fingerprint density at radius 1 is 0.962 bits per heavy atom. The zero-order valence-electron chi connectivity index (χ0n) is 16.1. The average molecular weight is 421 g/mol. The summed E-state index contributed by atoms with van der Waals surface area (Å²) >= 11 is 0. The summed E-state index contributed by atoms with van der Waals surface area (Å²) in [5.41, 5.74) is 6.23. The van der Waals surface area contributed by atoms with Gasteiger partial charge in [0.15, 0.2) is 0 Å². The van der Waals surface area contributed by atoms with Crippen LogP contribution in [-0.2, 0) is 39.0 Å². The van der Waals surface area contributed by atoms with E-state index in [1.807, 2.05) is 0 Å². The minimum absolute atomic E-state index is 0. The Morgan fingerprint density at radius 2 is 1.69 bits per heavy atom. The van der Waals surface area contributed by atoms with E-state index in [9.17, 15) is 0 Å². The van der Waals surface area contributed by atoms with Gasteiger partial charge in [-0.2, -0.15) is 6.07 Å². The van der Waals surface area contributed by atoms with Crippen LogP contribution in [-0.4, -0.2) is 0 Å². The van der Waals surface area contributed by atoms with Crippen LogP contribution in [0.4, 0.5) is 0 Å². The van der Waals surface area contributed by atoms with Crippen molar-refractivity contribution in [1.82, 2.24) is 0 Å². The second-order valence-electron chi connectivity index (χ2n) is 7.96. The zero-order chi connectivity index (χ0) is 17.3. The van der Waals surface area contributed by atoms with Gasteiger partial charge >= 0.3 is 0 Å². The number of benzene rings is 2. The first-order valence-electron chi connectivity index (χ1n) is 10.0. The van der Waals surface area contributed by atoms with Crippen molar-refractivity contribution in [2.24, 2.45) is 5.41 Å². The molecule has 26 heavy (non-hydrogen) atoms. The smallest absolute Gasteiger partial charge is 0 e. The van der Waals surface area contributed by atoms with Gasteiger partial charge < -0.3 is 0 Å². The number of aryl methyl sites for hydroxylation is 1. The topological polar surface area (TPSA) is 0 Å². The van der Waals surface area contributed by atoms with Gasteiger partial charge in [-0.05, 0) is 42.2 Å². The fraction of sp³-hybridized carbons (Fsp3) is 0.400. The molecule has 0 atom stereocenters. The number of rotatable bonds is 5. The largest absolute Gasteiger partial charge is 0.164 e. The molecule has 0 amide bonds. The number of hydrogen-bond acceptors (Lipinski definition) is 0. The Bertz CT molecular complexity index is 847. The van der Waals surface area contributed by atoms with Crippen LogP contribution >= 0.6 is 0 Å². The maximum atomic E-state index is 2.47. The van der Waals surface area contributed by atoms with E-state index in [0.717, 1.165) is 6.42 Å². The Kier molecular flexibility index (Phi) is 6.29. The molecule has 0 saturated heterocycles. The quantitative estimate of drug-likeness (QED) is 0.380. The van der Waals surface area contributed by atoms with Crippen molar-refractivity contribution in [1.29, 1.82) is 0 Å². The molecule has 3 aromatic carbocycles. The molecule has 0 spiro atoms. The van der Waals surface area contributed by atoms with Crippen LogP contribution in [0, 0.1) is 5.41 Å². The first-order chi connectivity index (χ1) is 12.2. The van der Waals surface area contributed by atoms with Gasteiger partial charge in [0.05, 0.1) is 0 Å². The van der Waals surface area contributed by atoms with Crippen LogP contribution in [0.3, 0.4) is 0 Å². The third-order valence-corrected chi connectivity index (χ3v) is 6.48. The molecule has 0 N–H and O–H groups in total. The molecule has 0 aliphatic heterocycles. The summed E-state index contributed by atoms with van der Waals surface area (Å²) in [6, 6.07) is 20.8. The van der Waals surface area contributed by atoms with Crippen LogP contribution in [0.15, 0.2) is 54.6 Å². The average Bonchev–Trinajstić information content (AvgIpc) is 3.28. The molecular formula is C25H29Zr-. The predicted octanol–water partition coefficient (Wildman–Crippen LogP) is 7.30. The van der Waals surface area contributed by atoms with Gasteiger partial charge in [-0.15, -0.1) is 34.5 Å². The molecule has 1 aliphatic carbocycles. The summed E-state index contributed by atoms with van der Waals surface area (Å²) < 4.78 is 0. The van der Waals surface area contributed by atoms with Crippen molar-refractivity contribution in [3.63, 3.8) is 0 Å². The van der Waals surface area contributed by atoms with Crippen molar-refractivity contribution in [3.8, 4) is 11.1 Å². The van der Waals surface area contributed by atoms with E-state index in [2.05, 4.69) is 68.4 Å². The monoisotopic (exact) mass is 419 g/mol. The molecule has 0 radical (unpaired) electrons.